The summed E-state index contributed by atoms with van der Waals surface area (Å²) in [6, 6.07) is 7.63. The number of nitrogens with zero attached hydrogens (tertiary/aromatic N) is 1. The van der Waals surface area contributed by atoms with Gasteiger partial charge in [-0.2, -0.15) is 5.26 Å². The fraction of sp³-hybridized carbons (Fsp3) is 0.364. The Morgan fingerprint density at radius 3 is 2.22 bits per heavy atom. The fourth-order valence-corrected chi connectivity index (χ4v) is 2.30. The maximum Gasteiger partial charge on any atom is 0.240 e. The van der Waals surface area contributed by atoms with Crippen molar-refractivity contribution in [1.82, 2.24) is 4.72 Å². The third kappa shape index (κ3) is 5.02. The summed E-state index contributed by atoms with van der Waals surface area (Å²) in [7, 11) is -3.56. The number of hydrogen-bond donors (Lipinski definition) is 2. The molecule has 0 amide bonds. The van der Waals surface area contributed by atoms with E-state index in [1.54, 1.807) is 13.8 Å². The van der Waals surface area contributed by atoms with E-state index in [2.05, 4.69) is 4.72 Å². The first-order valence-corrected chi connectivity index (χ1v) is 6.52. The molecule has 0 spiro atoms. The number of nitrogens with one attached hydrogen (secondary N) is 1. The number of nitrogens with two attached hydrogens (primary N) is 1. The number of rotatable bonds is 4. The molecule has 1 aromatic carbocycles. The van der Waals surface area contributed by atoms with Gasteiger partial charge in [0.05, 0.1) is 16.5 Å². The van der Waals surface area contributed by atoms with Gasteiger partial charge in [0.25, 0.3) is 0 Å². The van der Waals surface area contributed by atoms with Crippen molar-refractivity contribution >= 4 is 22.4 Å². The first-order chi connectivity index (χ1) is 7.74. The monoisotopic (exact) mass is 289 g/mol. The van der Waals surface area contributed by atoms with E-state index in [-0.39, 0.29) is 23.8 Å². The van der Waals surface area contributed by atoms with Crippen LogP contribution in [-0.2, 0) is 10.0 Å². The molecule has 0 aromatic heterocycles. The number of benzene rings is 1. The van der Waals surface area contributed by atoms with Gasteiger partial charge in [-0.25, -0.2) is 13.1 Å². The van der Waals surface area contributed by atoms with E-state index in [9.17, 15) is 8.42 Å². The maximum atomic E-state index is 11.8. The second kappa shape index (κ2) is 6.16. The Morgan fingerprint density at radius 2 is 1.83 bits per heavy atom. The van der Waals surface area contributed by atoms with Crippen LogP contribution in [0.25, 0.3) is 0 Å². The minimum Gasteiger partial charge on any atom is -0.324 e. The van der Waals surface area contributed by atoms with Crippen molar-refractivity contribution in [2.45, 2.75) is 24.3 Å². The molecule has 18 heavy (non-hydrogen) atoms. The van der Waals surface area contributed by atoms with Crippen molar-refractivity contribution in [2.75, 3.05) is 6.54 Å². The predicted octanol–water partition coefficient (Wildman–Crippen LogP) is 0.996. The lowest BCUT2D eigenvalue weighted by molar-refractivity contribution is 0.498. The Labute approximate surface area is 113 Å². The maximum absolute atomic E-state index is 11.8. The molecule has 1 rings (SSSR count). The zero-order valence-electron chi connectivity index (χ0n) is 10.2. The number of hydrogen-bond acceptors (Lipinski definition) is 4. The summed E-state index contributed by atoms with van der Waals surface area (Å²) >= 11 is 0. The quantitative estimate of drug-likeness (QED) is 0.864. The molecule has 0 aliphatic heterocycles. The van der Waals surface area contributed by atoms with Gasteiger partial charge in [-0.1, -0.05) is 0 Å². The second-order valence-corrected chi connectivity index (χ2v) is 6.22. The smallest absolute Gasteiger partial charge is 0.240 e. The van der Waals surface area contributed by atoms with Crippen LogP contribution in [0.2, 0.25) is 0 Å². The van der Waals surface area contributed by atoms with Gasteiger partial charge in [-0.15, -0.1) is 12.4 Å². The summed E-state index contributed by atoms with van der Waals surface area (Å²) in [5.41, 5.74) is 5.50. The van der Waals surface area contributed by atoms with E-state index in [0.717, 1.165) is 0 Å². The van der Waals surface area contributed by atoms with Gasteiger partial charge in [-0.05, 0) is 38.1 Å². The largest absolute Gasteiger partial charge is 0.324 e. The SMILES string of the molecule is CC(C)(N)CNS(=O)(=O)c1ccc(C#N)cc1.Cl. The van der Waals surface area contributed by atoms with Crippen molar-refractivity contribution in [3.63, 3.8) is 0 Å². The third-order valence-corrected chi connectivity index (χ3v) is 3.43. The number of sulfonamides is 1. The van der Waals surface area contributed by atoms with Crippen LogP contribution in [0.5, 0.6) is 0 Å². The molecular weight excluding hydrogens is 274 g/mol. The average molecular weight is 290 g/mol. The highest BCUT2D eigenvalue weighted by Gasteiger charge is 2.18. The average Bonchev–Trinajstić information content (AvgIpc) is 2.26. The lowest BCUT2D eigenvalue weighted by Crippen LogP contribution is -2.45. The molecule has 0 heterocycles. The molecule has 5 nitrogen and oxygen atoms in total. The molecule has 0 saturated carbocycles. The Morgan fingerprint density at radius 1 is 1.33 bits per heavy atom. The Kier molecular flexibility index (Phi) is 5.77. The molecule has 7 heteroatoms. The summed E-state index contributed by atoms with van der Waals surface area (Å²) in [6.07, 6.45) is 0. The summed E-state index contributed by atoms with van der Waals surface area (Å²) in [6.45, 7) is 3.61. The number of nitriles is 1. The molecule has 0 unspecified atom stereocenters. The minimum absolute atomic E-state index is 0. The number of halogens is 1. The van der Waals surface area contributed by atoms with Gasteiger partial charge < -0.3 is 5.73 Å². The molecular formula is C11H16ClN3O2S. The first kappa shape index (κ1) is 16.9. The zero-order chi connectivity index (χ0) is 13.1. The Hall–Kier alpha value is -1.13. The summed E-state index contributed by atoms with van der Waals surface area (Å²) in [5.74, 6) is 0. The molecule has 0 saturated heterocycles. The van der Waals surface area contributed by atoms with Gasteiger partial charge in [0, 0.05) is 12.1 Å². The van der Waals surface area contributed by atoms with Crippen LogP contribution in [0.1, 0.15) is 19.4 Å². The zero-order valence-corrected chi connectivity index (χ0v) is 11.8. The van der Waals surface area contributed by atoms with Crippen LogP contribution < -0.4 is 10.5 Å². The Bertz CT molecular complexity index is 527. The second-order valence-electron chi connectivity index (χ2n) is 4.45. The summed E-state index contributed by atoms with van der Waals surface area (Å²) < 4.78 is 26.1. The van der Waals surface area contributed by atoms with Crippen LogP contribution in [0.4, 0.5) is 0 Å². The summed E-state index contributed by atoms with van der Waals surface area (Å²) in [5, 5.41) is 8.61. The lowest BCUT2D eigenvalue weighted by Gasteiger charge is -2.18. The van der Waals surface area contributed by atoms with Crippen molar-refractivity contribution in [3.8, 4) is 6.07 Å². The standard InChI is InChI=1S/C11H15N3O2S.ClH/c1-11(2,13)8-14-17(15,16)10-5-3-9(7-12)4-6-10;/h3-6,14H,8,13H2,1-2H3;1H. The van der Waals surface area contributed by atoms with Gasteiger partial charge >= 0.3 is 0 Å². The molecule has 100 valence electrons. The highest BCUT2D eigenvalue weighted by atomic mass is 35.5. The molecule has 0 bridgehead atoms. The van der Waals surface area contributed by atoms with Crippen LogP contribution in [0, 0.1) is 11.3 Å². The first-order valence-electron chi connectivity index (χ1n) is 5.03. The molecule has 3 N–H and O–H groups in total. The van der Waals surface area contributed by atoms with Gasteiger partial charge in [-0.3, -0.25) is 0 Å². The highest BCUT2D eigenvalue weighted by molar-refractivity contribution is 7.89. The highest BCUT2D eigenvalue weighted by Crippen LogP contribution is 2.10. The van der Waals surface area contributed by atoms with Gasteiger partial charge in [0.1, 0.15) is 0 Å². The lowest BCUT2D eigenvalue weighted by atomic mass is 10.1. The molecule has 0 aliphatic carbocycles. The van der Waals surface area contributed by atoms with Crippen LogP contribution in [0.3, 0.4) is 0 Å². The van der Waals surface area contributed by atoms with Crippen molar-refractivity contribution in [2.24, 2.45) is 5.73 Å². The molecule has 0 atom stereocenters. The Balaban J connectivity index is 0.00000289. The van der Waals surface area contributed by atoms with Crippen molar-refractivity contribution in [3.05, 3.63) is 29.8 Å². The molecule has 0 radical (unpaired) electrons. The predicted molar refractivity (Wildman–Crippen MR) is 71.9 cm³/mol. The van der Waals surface area contributed by atoms with Crippen LogP contribution in [0.15, 0.2) is 29.2 Å². The summed E-state index contributed by atoms with van der Waals surface area (Å²) in [4.78, 5) is 0.126. The van der Waals surface area contributed by atoms with Crippen molar-refractivity contribution < 1.29 is 8.42 Å². The van der Waals surface area contributed by atoms with E-state index in [1.807, 2.05) is 6.07 Å². The molecule has 1 aromatic rings. The van der Waals surface area contributed by atoms with Crippen LogP contribution in [-0.4, -0.2) is 20.5 Å². The van der Waals surface area contributed by atoms with E-state index >= 15 is 0 Å². The van der Waals surface area contributed by atoms with E-state index < -0.39 is 15.6 Å². The third-order valence-electron chi connectivity index (χ3n) is 2.01. The van der Waals surface area contributed by atoms with Gasteiger partial charge in [0.2, 0.25) is 10.0 Å². The van der Waals surface area contributed by atoms with E-state index in [1.165, 1.54) is 24.3 Å². The fourth-order valence-electron chi connectivity index (χ4n) is 1.07. The van der Waals surface area contributed by atoms with E-state index in [4.69, 9.17) is 11.0 Å². The van der Waals surface area contributed by atoms with Crippen molar-refractivity contribution in [1.29, 1.82) is 5.26 Å². The van der Waals surface area contributed by atoms with Crippen LogP contribution >= 0.6 is 12.4 Å². The minimum atomic E-state index is -3.56. The van der Waals surface area contributed by atoms with Gasteiger partial charge in [0.15, 0.2) is 0 Å². The molecule has 0 fully saturated rings. The topological polar surface area (TPSA) is 96.0 Å². The van der Waals surface area contributed by atoms with E-state index in [0.29, 0.717) is 5.56 Å². The molecule has 0 aliphatic rings. The normalized spacial score (nSPS) is 11.4.